The highest BCUT2D eigenvalue weighted by Gasteiger charge is 2.22. The molecule has 116 valence electrons. The van der Waals surface area contributed by atoms with Gasteiger partial charge in [-0.3, -0.25) is 4.90 Å². The predicted molar refractivity (Wildman–Crippen MR) is 89.3 cm³/mol. The van der Waals surface area contributed by atoms with Crippen molar-refractivity contribution in [3.8, 4) is 0 Å². The van der Waals surface area contributed by atoms with Gasteiger partial charge in [0.2, 0.25) is 0 Å². The fourth-order valence-electron chi connectivity index (χ4n) is 3.75. The van der Waals surface area contributed by atoms with Crippen molar-refractivity contribution in [2.24, 2.45) is 5.92 Å². The topological polar surface area (TPSA) is 32.5 Å². The molecule has 21 heavy (non-hydrogen) atoms. The van der Waals surface area contributed by atoms with E-state index in [1.807, 2.05) is 6.07 Å². The molecule has 0 amide bonds. The summed E-state index contributed by atoms with van der Waals surface area (Å²) in [6, 6.07) is 6.47. The quantitative estimate of drug-likeness (QED) is 0.864. The Morgan fingerprint density at radius 1 is 1.05 bits per heavy atom. The van der Waals surface area contributed by atoms with E-state index in [1.54, 1.807) is 0 Å². The molecular formula is C18H29N3. The van der Waals surface area contributed by atoms with E-state index in [2.05, 4.69) is 28.9 Å². The smallest absolute Gasteiger partial charge is 0.0343 e. The summed E-state index contributed by atoms with van der Waals surface area (Å²) in [6.45, 7) is 9.70. The van der Waals surface area contributed by atoms with Crippen LogP contribution in [0.3, 0.4) is 0 Å². The zero-order valence-corrected chi connectivity index (χ0v) is 13.4. The Kier molecular flexibility index (Phi) is 4.81. The Morgan fingerprint density at radius 3 is 2.43 bits per heavy atom. The molecule has 2 fully saturated rings. The molecule has 3 heteroatoms. The minimum atomic E-state index is 0.906. The lowest BCUT2D eigenvalue weighted by atomic mass is 9.96. The molecule has 0 unspecified atom stereocenters. The minimum Gasteiger partial charge on any atom is -0.399 e. The Labute approximate surface area is 129 Å². The van der Waals surface area contributed by atoms with Gasteiger partial charge in [-0.2, -0.15) is 0 Å². The van der Waals surface area contributed by atoms with Crippen LogP contribution in [0.2, 0.25) is 0 Å². The van der Waals surface area contributed by atoms with Gasteiger partial charge in [-0.25, -0.2) is 0 Å². The van der Waals surface area contributed by atoms with Crippen molar-refractivity contribution in [3.05, 3.63) is 29.3 Å². The van der Waals surface area contributed by atoms with E-state index >= 15 is 0 Å². The van der Waals surface area contributed by atoms with E-state index in [0.717, 1.165) is 18.2 Å². The Morgan fingerprint density at radius 2 is 1.76 bits per heavy atom. The number of nitrogens with zero attached hydrogens (tertiary/aromatic N) is 2. The monoisotopic (exact) mass is 287 g/mol. The lowest BCUT2D eigenvalue weighted by Crippen LogP contribution is -2.37. The highest BCUT2D eigenvalue weighted by atomic mass is 15.2. The van der Waals surface area contributed by atoms with Crippen LogP contribution in [-0.2, 0) is 6.54 Å². The summed E-state index contributed by atoms with van der Waals surface area (Å²) >= 11 is 0. The summed E-state index contributed by atoms with van der Waals surface area (Å²) in [5.74, 6) is 0.924. The van der Waals surface area contributed by atoms with Gasteiger partial charge in [-0.05, 0) is 81.9 Å². The van der Waals surface area contributed by atoms with Crippen LogP contribution in [0.25, 0.3) is 0 Å². The molecule has 2 heterocycles. The number of aryl methyl sites for hydroxylation is 1. The molecular weight excluding hydrogens is 258 g/mol. The van der Waals surface area contributed by atoms with E-state index in [4.69, 9.17) is 5.73 Å². The first-order chi connectivity index (χ1) is 10.2. The van der Waals surface area contributed by atoms with Crippen molar-refractivity contribution in [2.45, 2.75) is 39.2 Å². The third-order valence-corrected chi connectivity index (χ3v) is 5.16. The number of nitrogen functional groups attached to an aromatic ring is 1. The number of piperidine rings is 1. The van der Waals surface area contributed by atoms with Gasteiger partial charge in [-0.1, -0.05) is 12.1 Å². The highest BCUT2D eigenvalue weighted by molar-refractivity contribution is 5.47. The summed E-state index contributed by atoms with van der Waals surface area (Å²) in [4.78, 5) is 5.27. The Balaban J connectivity index is 1.45. The van der Waals surface area contributed by atoms with Gasteiger partial charge in [0.05, 0.1) is 0 Å². The third kappa shape index (κ3) is 3.98. The van der Waals surface area contributed by atoms with E-state index in [0.29, 0.717) is 0 Å². The average Bonchev–Trinajstić information content (AvgIpc) is 2.98. The summed E-state index contributed by atoms with van der Waals surface area (Å²) in [6.07, 6.45) is 5.56. The molecule has 0 aromatic heterocycles. The summed E-state index contributed by atoms with van der Waals surface area (Å²) < 4.78 is 0. The average molecular weight is 287 g/mol. The van der Waals surface area contributed by atoms with Gasteiger partial charge >= 0.3 is 0 Å². The lowest BCUT2D eigenvalue weighted by Gasteiger charge is -2.34. The molecule has 2 N–H and O–H groups in total. The SMILES string of the molecule is Cc1cc(CN2CCC(CN3CCCC3)CC2)ccc1N. The van der Waals surface area contributed by atoms with Crippen LogP contribution in [0.1, 0.15) is 36.8 Å². The molecule has 2 aliphatic rings. The first-order valence-corrected chi connectivity index (χ1v) is 8.50. The van der Waals surface area contributed by atoms with E-state index < -0.39 is 0 Å². The first-order valence-electron chi connectivity index (χ1n) is 8.50. The maximum atomic E-state index is 5.90. The fourth-order valence-corrected chi connectivity index (χ4v) is 3.75. The van der Waals surface area contributed by atoms with Crippen LogP contribution in [0.4, 0.5) is 5.69 Å². The van der Waals surface area contributed by atoms with Crippen LogP contribution in [0.15, 0.2) is 18.2 Å². The second-order valence-corrected chi connectivity index (χ2v) is 6.92. The second kappa shape index (κ2) is 6.80. The minimum absolute atomic E-state index is 0.906. The normalized spacial score (nSPS) is 22.0. The largest absolute Gasteiger partial charge is 0.399 e. The van der Waals surface area contributed by atoms with E-state index in [1.165, 1.54) is 69.5 Å². The molecule has 2 aliphatic heterocycles. The van der Waals surface area contributed by atoms with Gasteiger partial charge < -0.3 is 10.6 Å². The van der Waals surface area contributed by atoms with Gasteiger partial charge in [0.1, 0.15) is 0 Å². The first kappa shape index (κ1) is 14.9. The maximum Gasteiger partial charge on any atom is 0.0343 e. The molecule has 3 nitrogen and oxygen atoms in total. The third-order valence-electron chi connectivity index (χ3n) is 5.16. The number of hydrogen-bond acceptors (Lipinski definition) is 3. The number of likely N-dealkylation sites (tertiary alicyclic amines) is 2. The van der Waals surface area contributed by atoms with Crippen LogP contribution >= 0.6 is 0 Å². The summed E-state index contributed by atoms with van der Waals surface area (Å²) in [5.41, 5.74) is 9.41. The van der Waals surface area contributed by atoms with E-state index in [9.17, 15) is 0 Å². The Hall–Kier alpha value is -1.06. The van der Waals surface area contributed by atoms with Crippen molar-refractivity contribution in [3.63, 3.8) is 0 Å². The molecule has 0 bridgehead atoms. The Bertz CT molecular complexity index is 458. The maximum absolute atomic E-state index is 5.90. The molecule has 0 atom stereocenters. The van der Waals surface area contributed by atoms with E-state index in [-0.39, 0.29) is 0 Å². The van der Waals surface area contributed by atoms with Crippen LogP contribution in [0.5, 0.6) is 0 Å². The molecule has 0 aliphatic carbocycles. The molecule has 2 saturated heterocycles. The van der Waals surface area contributed by atoms with Crippen molar-refractivity contribution in [1.82, 2.24) is 9.80 Å². The molecule has 0 spiro atoms. The number of anilines is 1. The molecule has 0 radical (unpaired) electrons. The van der Waals surface area contributed by atoms with Crippen molar-refractivity contribution >= 4 is 5.69 Å². The predicted octanol–water partition coefficient (Wildman–Crippen LogP) is 2.89. The van der Waals surface area contributed by atoms with Crippen molar-refractivity contribution < 1.29 is 0 Å². The highest BCUT2D eigenvalue weighted by Crippen LogP contribution is 2.22. The fraction of sp³-hybridized carbons (Fsp3) is 0.667. The second-order valence-electron chi connectivity index (χ2n) is 6.92. The van der Waals surface area contributed by atoms with Gasteiger partial charge in [0, 0.05) is 18.8 Å². The molecule has 3 rings (SSSR count). The van der Waals surface area contributed by atoms with Gasteiger partial charge in [0.25, 0.3) is 0 Å². The molecule has 0 saturated carbocycles. The van der Waals surface area contributed by atoms with Gasteiger partial charge in [-0.15, -0.1) is 0 Å². The number of rotatable bonds is 4. The number of hydrogen-bond donors (Lipinski definition) is 1. The zero-order chi connectivity index (χ0) is 14.7. The number of nitrogens with two attached hydrogens (primary N) is 1. The molecule has 1 aromatic carbocycles. The van der Waals surface area contributed by atoms with Crippen LogP contribution < -0.4 is 5.73 Å². The summed E-state index contributed by atoms with van der Waals surface area (Å²) in [7, 11) is 0. The van der Waals surface area contributed by atoms with Crippen LogP contribution in [0, 0.1) is 12.8 Å². The van der Waals surface area contributed by atoms with Crippen LogP contribution in [-0.4, -0.2) is 42.5 Å². The zero-order valence-electron chi connectivity index (χ0n) is 13.4. The number of benzene rings is 1. The standard InChI is InChI=1S/C18H29N3/c1-15-12-17(4-5-18(15)19)14-21-10-6-16(7-11-21)13-20-8-2-3-9-20/h4-5,12,16H,2-3,6-11,13-14,19H2,1H3. The van der Waals surface area contributed by atoms with Crippen molar-refractivity contribution in [1.29, 1.82) is 0 Å². The van der Waals surface area contributed by atoms with Crippen molar-refractivity contribution in [2.75, 3.05) is 38.5 Å². The molecule has 1 aromatic rings. The van der Waals surface area contributed by atoms with Gasteiger partial charge in [0.15, 0.2) is 0 Å². The summed E-state index contributed by atoms with van der Waals surface area (Å²) in [5, 5.41) is 0. The lowest BCUT2D eigenvalue weighted by molar-refractivity contribution is 0.149.